The number of rotatable bonds is 5. The Bertz CT molecular complexity index is 1160. The molecular weight excluding hydrogens is 391 g/mol. The molecule has 11 heteroatoms. The number of H-pyrrole nitrogens is 1. The molecule has 5 rings (SSSR count). The van der Waals surface area contributed by atoms with Crippen LogP contribution in [-0.2, 0) is 4.74 Å². The Hall–Kier alpha value is -3.60. The van der Waals surface area contributed by atoms with Crippen molar-refractivity contribution < 1.29 is 13.9 Å². The van der Waals surface area contributed by atoms with Gasteiger partial charge in [-0.3, -0.25) is 5.10 Å². The predicted octanol–water partition coefficient (Wildman–Crippen LogP) is 2.03. The van der Waals surface area contributed by atoms with Gasteiger partial charge in [-0.15, -0.1) is 15.3 Å². The van der Waals surface area contributed by atoms with Crippen LogP contribution >= 0.6 is 0 Å². The van der Waals surface area contributed by atoms with Crippen molar-refractivity contribution in [1.82, 2.24) is 35.0 Å². The summed E-state index contributed by atoms with van der Waals surface area (Å²) in [5.41, 5.74) is 1.90. The maximum atomic E-state index is 13.7. The van der Waals surface area contributed by atoms with Crippen LogP contribution in [0, 0.1) is 5.82 Å². The van der Waals surface area contributed by atoms with Crippen LogP contribution in [0.5, 0.6) is 5.88 Å². The first-order valence-electron chi connectivity index (χ1n) is 9.56. The molecule has 10 nitrogen and oxygen atoms in total. The molecule has 154 valence electrons. The minimum absolute atomic E-state index is 0.357. The molecule has 4 heterocycles. The van der Waals surface area contributed by atoms with E-state index in [2.05, 4.69) is 35.4 Å². The lowest BCUT2D eigenvalue weighted by molar-refractivity contribution is 0.122. The highest BCUT2D eigenvalue weighted by Gasteiger charge is 2.23. The monoisotopic (exact) mass is 410 g/mol. The largest absolute Gasteiger partial charge is 0.464 e. The van der Waals surface area contributed by atoms with Gasteiger partial charge in [-0.2, -0.15) is 9.61 Å². The molecule has 1 aliphatic heterocycles. The number of anilines is 1. The highest BCUT2D eigenvalue weighted by molar-refractivity contribution is 5.65. The van der Waals surface area contributed by atoms with E-state index in [1.165, 1.54) is 18.5 Å². The molecule has 30 heavy (non-hydrogen) atoms. The molecule has 1 atom stereocenters. The molecule has 4 aromatic rings. The van der Waals surface area contributed by atoms with E-state index in [0.717, 1.165) is 5.69 Å². The van der Waals surface area contributed by atoms with Gasteiger partial charge in [0, 0.05) is 24.7 Å². The second-order valence-corrected chi connectivity index (χ2v) is 6.87. The Morgan fingerprint density at radius 1 is 1.20 bits per heavy atom. The minimum atomic E-state index is -0.411. The Kier molecular flexibility index (Phi) is 4.71. The minimum Gasteiger partial charge on any atom is -0.464 e. The molecule has 3 aromatic heterocycles. The van der Waals surface area contributed by atoms with Crippen molar-refractivity contribution in [1.29, 1.82) is 0 Å². The van der Waals surface area contributed by atoms with E-state index >= 15 is 0 Å². The normalized spacial score (nSPS) is 15.5. The highest BCUT2D eigenvalue weighted by Crippen LogP contribution is 2.32. The lowest BCUT2D eigenvalue weighted by Crippen LogP contribution is -2.36. The average molecular weight is 410 g/mol. The zero-order valence-electron chi connectivity index (χ0n) is 16.2. The number of nitrogens with one attached hydrogen (secondary N) is 1. The topological polar surface area (TPSA) is 106 Å². The summed E-state index contributed by atoms with van der Waals surface area (Å²) >= 11 is 0. The standard InChI is InChI=1S/C19H19FN8O2/c1-12(17-21-11-22-24-17)30-19-15(27-5-7-29-8-6-27)10-16-23-25-18(28(16)26-19)13-3-2-4-14(20)9-13/h2-4,9-12H,5-8H2,1H3,(H,21,22,24). The third-order valence-electron chi connectivity index (χ3n) is 4.88. The third-order valence-corrected chi connectivity index (χ3v) is 4.88. The van der Waals surface area contributed by atoms with Crippen LogP contribution in [0.1, 0.15) is 18.9 Å². The van der Waals surface area contributed by atoms with Crippen LogP contribution in [0.25, 0.3) is 17.0 Å². The molecule has 1 aromatic carbocycles. The Balaban J connectivity index is 1.60. The third kappa shape index (κ3) is 3.43. The Labute approximate surface area is 170 Å². The first-order valence-corrected chi connectivity index (χ1v) is 9.56. The van der Waals surface area contributed by atoms with Gasteiger partial charge in [-0.25, -0.2) is 9.37 Å². The molecule has 0 bridgehead atoms. The summed E-state index contributed by atoms with van der Waals surface area (Å²) in [5, 5.41) is 19.8. The molecule has 1 aliphatic rings. The van der Waals surface area contributed by atoms with Crippen molar-refractivity contribution in [2.45, 2.75) is 13.0 Å². The summed E-state index contributed by atoms with van der Waals surface area (Å²) in [6, 6.07) is 8.03. The molecule has 1 N–H and O–H groups in total. The second kappa shape index (κ2) is 7.67. The summed E-state index contributed by atoms with van der Waals surface area (Å²) in [7, 11) is 0. The Morgan fingerprint density at radius 3 is 2.83 bits per heavy atom. The summed E-state index contributed by atoms with van der Waals surface area (Å²) in [5.74, 6) is 1.05. The number of halogens is 1. The van der Waals surface area contributed by atoms with E-state index in [4.69, 9.17) is 9.47 Å². The van der Waals surface area contributed by atoms with Crippen LogP contribution in [0.3, 0.4) is 0 Å². The van der Waals surface area contributed by atoms with Gasteiger partial charge in [-0.1, -0.05) is 12.1 Å². The van der Waals surface area contributed by atoms with Crippen molar-refractivity contribution in [2.75, 3.05) is 31.2 Å². The van der Waals surface area contributed by atoms with E-state index in [0.29, 0.717) is 55.0 Å². The van der Waals surface area contributed by atoms with E-state index in [-0.39, 0.29) is 5.82 Å². The van der Waals surface area contributed by atoms with Gasteiger partial charge in [0.2, 0.25) is 0 Å². The zero-order chi connectivity index (χ0) is 20.5. The van der Waals surface area contributed by atoms with Crippen molar-refractivity contribution in [3.63, 3.8) is 0 Å². The molecule has 0 amide bonds. The lowest BCUT2D eigenvalue weighted by atomic mass is 10.2. The number of nitrogens with zero attached hydrogens (tertiary/aromatic N) is 7. The number of ether oxygens (including phenoxy) is 2. The number of aromatic nitrogens is 7. The van der Waals surface area contributed by atoms with Gasteiger partial charge >= 0.3 is 0 Å². The summed E-state index contributed by atoms with van der Waals surface area (Å²) in [4.78, 5) is 6.29. The first kappa shape index (κ1) is 18.4. The van der Waals surface area contributed by atoms with Crippen molar-refractivity contribution >= 4 is 11.3 Å². The van der Waals surface area contributed by atoms with Crippen LogP contribution in [0.4, 0.5) is 10.1 Å². The number of fused-ring (bicyclic) bond motifs is 1. The number of benzene rings is 1. The maximum absolute atomic E-state index is 13.7. The SMILES string of the molecule is CC(Oc1nn2c(-c3cccc(F)c3)nnc2cc1N1CCOCC1)c1ncn[nH]1. The average Bonchev–Trinajstić information content (AvgIpc) is 3.44. The number of morpholine rings is 1. The fourth-order valence-corrected chi connectivity index (χ4v) is 3.36. The number of hydrogen-bond acceptors (Lipinski definition) is 8. The molecule has 1 saturated heterocycles. The first-order chi connectivity index (χ1) is 14.7. The van der Waals surface area contributed by atoms with Crippen LogP contribution in [-0.4, -0.2) is 61.3 Å². The summed E-state index contributed by atoms with van der Waals surface area (Å²) < 4.78 is 26.9. The highest BCUT2D eigenvalue weighted by atomic mass is 19.1. The number of hydrogen-bond donors (Lipinski definition) is 1. The van der Waals surface area contributed by atoms with E-state index in [9.17, 15) is 4.39 Å². The fraction of sp³-hybridized carbons (Fsp3) is 0.316. The molecule has 0 spiro atoms. The van der Waals surface area contributed by atoms with Gasteiger partial charge in [0.25, 0.3) is 5.88 Å². The van der Waals surface area contributed by atoms with Crippen molar-refractivity contribution in [3.05, 3.63) is 48.3 Å². The number of aromatic amines is 1. The quantitative estimate of drug-likeness (QED) is 0.533. The van der Waals surface area contributed by atoms with Gasteiger partial charge in [0.1, 0.15) is 17.8 Å². The molecule has 0 radical (unpaired) electrons. The van der Waals surface area contributed by atoms with Crippen LogP contribution in [0.2, 0.25) is 0 Å². The van der Waals surface area contributed by atoms with Gasteiger partial charge in [-0.05, 0) is 19.1 Å². The van der Waals surface area contributed by atoms with Crippen LogP contribution < -0.4 is 9.64 Å². The lowest BCUT2D eigenvalue weighted by Gasteiger charge is -2.30. The van der Waals surface area contributed by atoms with Crippen LogP contribution in [0.15, 0.2) is 36.7 Å². The van der Waals surface area contributed by atoms with Gasteiger partial charge in [0.05, 0.1) is 13.2 Å². The molecule has 1 fully saturated rings. The zero-order valence-corrected chi connectivity index (χ0v) is 16.2. The van der Waals surface area contributed by atoms with Gasteiger partial charge < -0.3 is 14.4 Å². The molecule has 1 unspecified atom stereocenters. The summed E-state index contributed by atoms with van der Waals surface area (Å²) in [6.07, 6.45) is 1.02. The smallest absolute Gasteiger partial charge is 0.256 e. The van der Waals surface area contributed by atoms with Crippen molar-refractivity contribution in [3.8, 4) is 17.3 Å². The van der Waals surface area contributed by atoms with Gasteiger partial charge in [0.15, 0.2) is 23.4 Å². The van der Waals surface area contributed by atoms with E-state index in [1.54, 1.807) is 16.6 Å². The van der Waals surface area contributed by atoms with E-state index in [1.807, 2.05) is 13.0 Å². The predicted molar refractivity (Wildman–Crippen MR) is 105 cm³/mol. The molecular formula is C19H19FN8O2. The summed E-state index contributed by atoms with van der Waals surface area (Å²) in [6.45, 7) is 4.49. The molecule has 0 aliphatic carbocycles. The van der Waals surface area contributed by atoms with Crippen molar-refractivity contribution in [2.24, 2.45) is 0 Å². The Morgan fingerprint density at radius 2 is 2.07 bits per heavy atom. The molecule has 0 saturated carbocycles. The second-order valence-electron chi connectivity index (χ2n) is 6.87. The maximum Gasteiger partial charge on any atom is 0.256 e. The fourth-order valence-electron chi connectivity index (χ4n) is 3.36. The van der Waals surface area contributed by atoms with E-state index < -0.39 is 6.10 Å².